The summed E-state index contributed by atoms with van der Waals surface area (Å²) in [6.07, 6.45) is 0.563. The number of carbonyl (C=O) groups excluding carboxylic acids is 1. The molecule has 2 heterocycles. The highest BCUT2D eigenvalue weighted by molar-refractivity contribution is 7.22. The first-order valence-corrected chi connectivity index (χ1v) is 17.4. The smallest absolute Gasteiger partial charge is 0.211 e. The van der Waals surface area contributed by atoms with E-state index in [1.54, 1.807) is 34.8 Å². The molecule has 8 rings (SSSR count). The Morgan fingerprint density at radius 3 is 1.92 bits per heavy atom. The highest BCUT2D eigenvalue weighted by Gasteiger charge is 2.17. The molecule has 0 aliphatic rings. The third-order valence-electron chi connectivity index (χ3n) is 7.92. The molecule has 0 fully saturated rings. The fourth-order valence-corrected chi connectivity index (χ4v) is 7.28. The van der Waals surface area contributed by atoms with E-state index in [-0.39, 0.29) is 5.75 Å². The van der Waals surface area contributed by atoms with E-state index in [1.807, 2.05) is 78.9 Å². The van der Waals surface area contributed by atoms with Gasteiger partial charge in [-0.05, 0) is 48.7 Å². The monoisotopic (exact) mass is 713 g/mol. The number of aromatic nitrogens is 2. The Balaban J connectivity index is 0.000000176. The van der Waals surface area contributed by atoms with E-state index in [4.69, 9.17) is 30.9 Å². The summed E-state index contributed by atoms with van der Waals surface area (Å²) in [4.78, 5) is 19.7. The largest absolute Gasteiger partial charge is 0.505 e. The number of methoxy groups -OCH3 is 2. The van der Waals surface area contributed by atoms with Crippen LogP contribution in [0.4, 0.5) is 17.1 Å². The van der Waals surface area contributed by atoms with Gasteiger partial charge in [0.1, 0.15) is 27.3 Å². The van der Waals surface area contributed by atoms with Gasteiger partial charge < -0.3 is 31.4 Å². The zero-order valence-electron chi connectivity index (χ0n) is 28.1. The second kappa shape index (κ2) is 15.6. The van der Waals surface area contributed by atoms with Crippen molar-refractivity contribution in [3.63, 3.8) is 0 Å². The molecule has 0 radical (unpaired) electrons. The van der Waals surface area contributed by atoms with Gasteiger partial charge in [0.05, 0.1) is 57.3 Å². The molecular formula is C40H35N5O4S2. The summed E-state index contributed by atoms with van der Waals surface area (Å²) >= 11 is 3.22. The molecule has 0 aliphatic carbocycles. The van der Waals surface area contributed by atoms with Gasteiger partial charge in [-0.2, -0.15) is 0 Å². The quantitative estimate of drug-likeness (QED) is 0.0757. The van der Waals surface area contributed by atoms with Crippen molar-refractivity contribution in [3.8, 4) is 38.4 Å². The number of rotatable bonds is 6. The molecule has 0 unspecified atom stereocenters. The summed E-state index contributed by atoms with van der Waals surface area (Å²) in [5, 5.41) is 16.8. The van der Waals surface area contributed by atoms with Crippen LogP contribution in [-0.2, 0) is 4.79 Å². The number of amides is 1. The number of thiazole rings is 2. The van der Waals surface area contributed by atoms with Gasteiger partial charge >= 0.3 is 0 Å². The van der Waals surface area contributed by atoms with E-state index < -0.39 is 0 Å². The van der Waals surface area contributed by atoms with E-state index in [9.17, 15) is 9.90 Å². The molecular weight excluding hydrogens is 679 g/mol. The van der Waals surface area contributed by atoms with Crippen molar-refractivity contribution in [1.82, 2.24) is 9.97 Å². The molecule has 0 aliphatic heterocycles. The molecule has 0 atom stereocenters. The summed E-state index contributed by atoms with van der Waals surface area (Å²) in [6.45, 7) is 2.08. The molecule has 8 aromatic rings. The number of benzene rings is 6. The van der Waals surface area contributed by atoms with Gasteiger partial charge in [0.2, 0.25) is 6.41 Å². The van der Waals surface area contributed by atoms with E-state index >= 15 is 0 Å². The number of nitrogens with one attached hydrogen (secondary N) is 1. The topological polar surface area (TPSA) is 146 Å². The summed E-state index contributed by atoms with van der Waals surface area (Å²) in [6, 6.07) is 37.6. The van der Waals surface area contributed by atoms with Crippen molar-refractivity contribution in [3.05, 3.63) is 121 Å². The van der Waals surface area contributed by atoms with Gasteiger partial charge in [-0.3, -0.25) is 4.79 Å². The van der Waals surface area contributed by atoms with Crippen LogP contribution < -0.4 is 26.3 Å². The molecule has 256 valence electrons. The molecule has 51 heavy (non-hydrogen) atoms. The van der Waals surface area contributed by atoms with Crippen LogP contribution in [0.15, 0.2) is 115 Å². The Morgan fingerprint density at radius 2 is 1.33 bits per heavy atom. The second-order valence-electron chi connectivity index (χ2n) is 11.3. The zero-order valence-corrected chi connectivity index (χ0v) is 29.7. The predicted molar refractivity (Wildman–Crippen MR) is 212 cm³/mol. The van der Waals surface area contributed by atoms with Crippen LogP contribution in [0.25, 0.3) is 52.3 Å². The van der Waals surface area contributed by atoms with Crippen LogP contribution in [-0.4, -0.2) is 35.7 Å². The van der Waals surface area contributed by atoms with Crippen molar-refractivity contribution in [2.24, 2.45) is 0 Å². The lowest BCUT2D eigenvalue weighted by Gasteiger charge is -2.11. The molecule has 2 aromatic heterocycles. The van der Waals surface area contributed by atoms with Crippen molar-refractivity contribution in [2.75, 3.05) is 31.0 Å². The molecule has 0 bridgehead atoms. The maximum atomic E-state index is 10.8. The average molecular weight is 714 g/mol. The number of nitrogens with two attached hydrogens (primary N) is 2. The lowest BCUT2D eigenvalue weighted by molar-refractivity contribution is -0.105. The van der Waals surface area contributed by atoms with Crippen LogP contribution in [0.1, 0.15) is 5.56 Å². The Bertz CT molecular complexity index is 2400. The van der Waals surface area contributed by atoms with Crippen molar-refractivity contribution >= 4 is 77.4 Å². The average Bonchev–Trinajstić information content (AvgIpc) is 3.79. The Hall–Kier alpha value is -6.17. The minimum atomic E-state index is 0.0780. The standard InChI is InChI=1S/C24H15N3OS2.C9H12N2O3.C7H8/c25-21-15-10-9-13(23-26-17-5-1-3-7-19(17)29-23)11-14(15)12-16(22(21)28)24-27-18-6-2-4-8-20(18)30-24;1-13-8-4-7(11-5-12)9(14-2)3-6(8)10;1-7-5-3-2-4-6-7/h1-12,28H,25H2;3-5H,10H2,1-2H3,(H,11,12);2-6H,1H3. The number of phenolic OH excluding ortho intramolecular Hbond substituents is 1. The first kappa shape index (κ1) is 34.7. The number of hydrogen-bond acceptors (Lipinski definition) is 10. The number of phenols is 1. The number of nitrogen functional groups attached to an aromatic ring is 2. The van der Waals surface area contributed by atoms with Gasteiger partial charge in [-0.25, -0.2) is 9.97 Å². The van der Waals surface area contributed by atoms with Gasteiger partial charge in [0.25, 0.3) is 0 Å². The van der Waals surface area contributed by atoms with Crippen molar-refractivity contribution in [2.45, 2.75) is 6.92 Å². The number of hydrogen-bond donors (Lipinski definition) is 4. The minimum absolute atomic E-state index is 0.0780. The van der Waals surface area contributed by atoms with Gasteiger partial charge in [0, 0.05) is 23.1 Å². The number of carbonyl (C=O) groups is 1. The van der Waals surface area contributed by atoms with Gasteiger partial charge in [0.15, 0.2) is 0 Å². The van der Waals surface area contributed by atoms with Crippen LogP contribution >= 0.6 is 22.7 Å². The lowest BCUT2D eigenvalue weighted by Crippen LogP contribution is -2.00. The molecule has 11 heteroatoms. The summed E-state index contributed by atoms with van der Waals surface area (Å²) in [7, 11) is 3.00. The highest BCUT2D eigenvalue weighted by Crippen LogP contribution is 2.43. The summed E-state index contributed by atoms with van der Waals surface area (Å²) in [5.41, 5.74) is 18.2. The number of fused-ring (bicyclic) bond motifs is 3. The first-order valence-electron chi connectivity index (χ1n) is 15.8. The van der Waals surface area contributed by atoms with E-state index in [0.717, 1.165) is 46.8 Å². The normalized spacial score (nSPS) is 10.6. The highest BCUT2D eigenvalue weighted by atomic mass is 32.1. The molecule has 0 saturated carbocycles. The minimum Gasteiger partial charge on any atom is -0.505 e. The molecule has 9 nitrogen and oxygen atoms in total. The van der Waals surface area contributed by atoms with E-state index in [2.05, 4.69) is 36.5 Å². The van der Waals surface area contributed by atoms with Gasteiger partial charge in [-0.15, -0.1) is 22.7 Å². The number of nitrogens with zero attached hydrogens (tertiary/aromatic N) is 2. The van der Waals surface area contributed by atoms with Gasteiger partial charge in [-0.1, -0.05) is 72.3 Å². The maximum Gasteiger partial charge on any atom is 0.211 e. The first-order chi connectivity index (χ1) is 24.8. The fourth-order valence-electron chi connectivity index (χ4n) is 5.34. The van der Waals surface area contributed by atoms with Crippen LogP contribution in [0.3, 0.4) is 0 Å². The number of para-hydroxylation sites is 2. The number of aromatic hydroxyl groups is 1. The number of ether oxygens (including phenoxy) is 2. The SMILES string of the molecule is COc1cc(NC=O)c(OC)cc1N.Cc1ccccc1.Nc1c(O)c(-c2nc3ccccc3s2)cc2cc(-c3nc4ccccc4s3)ccc12. The van der Waals surface area contributed by atoms with Crippen molar-refractivity contribution in [1.29, 1.82) is 0 Å². The second-order valence-corrected chi connectivity index (χ2v) is 13.4. The Labute approximate surface area is 302 Å². The third kappa shape index (κ3) is 7.70. The van der Waals surface area contributed by atoms with E-state index in [1.165, 1.54) is 19.8 Å². The molecule has 6 aromatic carbocycles. The van der Waals surface area contributed by atoms with Crippen LogP contribution in [0.2, 0.25) is 0 Å². The third-order valence-corrected chi connectivity index (χ3v) is 10.1. The zero-order chi connectivity index (χ0) is 35.9. The molecule has 6 N–H and O–H groups in total. The summed E-state index contributed by atoms with van der Waals surface area (Å²) < 4.78 is 12.3. The lowest BCUT2D eigenvalue weighted by atomic mass is 10.0. The molecule has 1 amide bonds. The van der Waals surface area contributed by atoms with Crippen LogP contribution in [0, 0.1) is 6.92 Å². The number of aryl methyl sites for hydroxylation is 1. The predicted octanol–water partition coefficient (Wildman–Crippen LogP) is 9.53. The molecule has 0 spiro atoms. The fraction of sp³-hybridized carbons (Fsp3) is 0.0750. The maximum absolute atomic E-state index is 10.8. The van der Waals surface area contributed by atoms with E-state index in [0.29, 0.717) is 40.5 Å². The van der Waals surface area contributed by atoms with Crippen molar-refractivity contribution < 1.29 is 19.4 Å². The van der Waals surface area contributed by atoms with Crippen LogP contribution in [0.5, 0.6) is 17.2 Å². The Kier molecular flexibility index (Phi) is 10.6. The Morgan fingerprint density at radius 1 is 0.725 bits per heavy atom. The summed E-state index contributed by atoms with van der Waals surface area (Å²) in [5.74, 6) is 1.07. The molecule has 0 saturated heterocycles. The number of anilines is 3.